The highest BCUT2D eigenvalue weighted by atomic mass is 16.5. The largest absolute Gasteiger partial charge is 0.469 e. The fraction of sp³-hybridized carbons (Fsp3) is 0.846. The lowest BCUT2D eigenvalue weighted by atomic mass is 9.54. The number of methoxy groups -OCH3 is 1. The average Bonchev–Trinajstić information content (AvgIpc) is 3.08. The maximum Gasteiger partial charge on any atom is 0.305 e. The highest BCUT2D eigenvalue weighted by Gasteiger charge is 2.56. The Kier molecular flexibility index (Phi) is 7.81. The third-order valence-electron chi connectivity index (χ3n) is 9.02. The zero-order valence-electron chi connectivity index (χ0n) is 19.5. The Balaban J connectivity index is 1.81. The molecule has 0 spiro atoms. The molecule has 0 amide bonds. The van der Waals surface area contributed by atoms with Gasteiger partial charge < -0.3 is 9.84 Å². The molecule has 0 aromatic carbocycles. The molecule has 3 saturated carbocycles. The third kappa shape index (κ3) is 4.69. The van der Waals surface area contributed by atoms with Gasteiger partial charge in [-0.05, 0) is 99.4 Å². The Hall–Kier alpha value is -1.16. The van der Waals surface area contributed by atoms with Crippen LogP contribution in [-0.2, 0) is 14.3 Å². The van der Waals surface area contributed by atoms with Crippen LogP contribution in [0.4, 0.5) is 0 Å². The summed E-state index contributed by atoms with van der Waals surface area (Å²) >= 11 is 0. The van der Waals surface area contributed by atoms with Crippen molar-refractivity contribution in [2.24, 2.45) is 35.0 Å². The van der Waals surface area contributed by atoms with E-state index in [4.69, 9.17) is 4.74 Å². The summed E-state index contributed by atoms with van der Waals surface area (Å²) in [5.41, 5.74) is 1.13. The Labute approximate surface area is 182 Å². The van der Waals surface area contributed by atoms with Crippen LogP contribution >= 0.6 is 0 Å². The molecule has 170 valence electrons. The first-order valence-corrected chi connectivity index (χ1v) is 12.3. The third-order valence-corrected chi connectivity index (χ3v) is 9.02. The van der Waals surface area contributed by atoms with Crippen LogP contribution < -0.4 is 0 Å². The summed E-state index contributed by atoms with van der Waals surface area (Å²) in [6, 6.07) is 0. The molecular weight excluding hydrogens is 376 g/mol. The smallest absolute Gasteiger partial charge is 0.305 e. The van der Waals surface area contributed by atoms with Gasteiger partial charge in [0, 0.05) is 12.3 Å². The van der Waals surface area contributed by atoms with Crippen molar-refractivity contribution in [3.63, 3.8) is 0 Å². The molecule has 0 heterocycles. The number of fused-ring (bicyclic) bond motifs is 3. The molecule has 0 radical (unpaired) electrons. The highest BCUT2D eigenvalue weighted by molar-refractivity contribution is 5.97. The first-order valence-electron chi connectivity index (χ1n) is 12.3. The molecule has 30 heavy (non-hydrogen) atoms. The van der Waals surface area contributed by atoms with E-state index in [1.165, 1.54) is 20.0 Å². The average molecular weight is 419 g/mol. The number of rotatable bonds is 4. The van der Waals surface area contributed by atoms with Gasteiger partial charge >= 0.3 is 5.97 Å². The van der Waals surface area contributed by atoms with Crippen LogP contribution in [0.25, 0.3) is 0 Å². The quantitative estimate of drug-likeness (QED) is 0.485. The maximum absolute atomic E-state index is 13.7. The molecule has 0 aromatic heterocycles. The van der Waals surface area contributed by atoms with Crippen LogP contribution in [0.5, 0.6) is 0 Å². The van der Waals surface area contributed by atoms with E-state index in [2.05, 4.69) is 13.8 Å². The Morgan fingerprint density at radius 2 is 2.00 bits per heavy atom. The number of hydrogen-bond donors (Lipinski definition) is 1. The van der Waals surface area contributed by atoms with Gasteiger partial charge in [-0.25, -0.2) is 0 Å². The molecule has 4 heteroatoms. The number of esters is 1. The summed E-state index contributed by atoms with van der Waals surface area (Å²) in [5.74, 6) is 2.36. The van der Waals surface area contributed by atoms with Gasteiger partial charge in [-0.2, -0.15) is 0 Å². The summed E-state index contributed by atoms with van der Waals surface area (Å²) in [6.07, 6.45) is 12.1. The number of hydrogen-bond acceptors (Lipinski definition) is 4. The lowest BCUT2D eigenvalue weighted by Crippen LogP contribution is -2.46. The van der Waals surface area contributed by atoms with Crippen LogP contribution in [-0.4, -0.2) is 30.1 Å². The van der Waals surface area contributed by atoms with E-state index in [1.54, 1.807) is 0 Å². The van der Waals surface area contributed by atoms with Gasteiger partial charge in [0.2, 0.25) is 0 Å². The Bertz CT molecular complexity index is 653. The molecular formula is C26H42O4. The van der Waals surface area contributed by atoms with Crippen molar-refractivity contribution in [2.75, 3.05) is 7.11 Å². The summed E-state index contributed by atoms with van der Waals surface area (Å²) < 4.78 is 4.85. The van der Waals surface area contributed by atoms with Gasteiger partial charge in [-0.15, -0.1) is 0 Å². The molecule has 0 bridgehead atoms. The standard InChI is InChI=1S/C26H42O4/c1-5-18-10-11-20(27)8-6-7-19-15-16-26(3)21(17(2)9-14-23(28)30-4)12-13-22(26)24(19)25(18)29/h5,17,19-22,24,27H,6-16H2,1-4H3/b18-5+/t17-,19?,20-,21?,22?,24?,26-/m1/s1. The minimum atomic E-state index is -0.273. The van der Waals surface area contributed by atoms with Crippen LogP contribution in [0.1, 0.15) is 91.4 Å². The van der Waals surface area contributed by atoms with Crippen LogP contribution in [0.2, 0.25) is 0 Å². The molecule has 0 saturated heterocycles. The lowest BCUT2D eigenvalue weighted by molar-refractivity contribution is -0.141. The first-order chi connectivity index (χ1) is 14.3. The van der Waals surface area contributed by atoms with Crippen molar-refractivity contribution < 1.29 is 19.4 Å². The van der Waals surface area contributed by atoms with Crippen molar-refractivity contribution in [2.45, 2.75) is 97.5 Å². The summed E-state index contributed by atoms with van der Waals surface area (Å²) in [4.78, 5) is 25.4. The first kappa shape index (κ1) is 23.5. The minimum Gasteiger partial charge on any atom is -0.469 e. The van der Waals surface area contributed by atoms with E-state index in [0.717, 1.165) is 44.1 Å². The summed E-state index contributed by atoms with van der Waals surface area (Å²) in [5, 5.41) is 10.2. The van der Waals surface area contributed by atoms with E-state index in [9.17, 15) is 14.7 Å². The maximum atomic E-state index is 13.7. The monoisotopic (exact) mass is 418 g/mol. The Morgan fingerprint density at radius 1 is 1.23 bits per heavy atom. The molecule has 4 nitrogen and oxygen atoms in total. The van der Waals surface area contributed by atoms with Gasteiger partial charge in [-0.3, -0.25) is 9.59 Å². The summed E-state index contributed by atoms with van der Waals surface area (Å²) in [6.45, 7) is 6.71. The molecule has 4 unspecified atom stereocenters. The van der Waals surface area contributed by atoms with Crippen molar-refractivity contribution in [3.05, 3.63) is 11.6 Å². The number of aliphatic hydroxyl groups excluding tert-OH is 1. The lowest BCUT2D eigenvalue weighted by Gasteiger charge is -2.50. The number of Topliss-reactive ketones (excluding diaryl/α,β-unsaturated/α-hetero) is 1. The van der Waals surface area contributed by atoms with E-state index < -0.39 is 0 Å². The van der Waals surface area contributed by atoms with Crippen molar-refractivity contribution in [1.82, 2.24) is 0 Å². The number of allylic oxidation sites excluding steroid dienone is 2. The van der Waals surface area contributed by atoms with Crippen LogP contribution in [0, 0.1) is 35.0 Å². The zero-order valence-corrected chi connectivity index (χ0v) is 19.5. The topological polar surface area (TPSA) is 63.6 Å². The van der Waals surface area contributed by atoms with Gasteiger partial charge in [0.1, 0.15) is 0 Å². The molecule has 3 aliphatic rings. The van der Waals surface area contributed by atoms with Crippen molar-refractivity contribution >= 4 is 11.8 Å². The fourth-order valence-electron chi connectivity index (χ4n) is 7.27. The highest BCUT2D eigenvalue weighted by Crippen LogP contribution is 2.62. The van der Waals surface area contributed by atoms with Gasteiger partial charge in [0.15, 0.2) is 5.78 Å². The van der Waals surface area contributed by atoms with Crippen molar-refractivity contribution in [3.8, 4) is 0 Å². The Morgan fingerprint density at radius 3 is 2.70 bits per heavy atom. The van der Waals surface area contributed by atoms with E-state index in [-0.39, 0.29) is 23.4 Å². The van der Waals surface area contributed by atoms with E-state index in [0.29, 0.717) is 48.7 Å². The molecule has 7 atom stereocenters. The van der Waals surface area contributed by atoms with E-state index >= 15 is 0 Å². The molecule has 1 N–H and O–H groups in total. The second-order valence-electron chi connectivity index (χ2n) is 10.5. The number of ether oxygens (including phenoxy) is 1. The number of carbonyl (C=O) groups is 2. The van der Waals surface area contributed by atoms with Crippen LogP contribution in [0.15, 0.2) is 11.6 Å². The SMILES string of the molecule is C/C=C1\CC[C@H](O)CCCC2CC[C@@]3(C)C(CCC3[C@H](C)CCC(=O)OC)C2C1=O. The summed E-state index contributed by atoms with van der Waals surface area (Å²) in [7, 11) is 1.46. The number of ketones is 1. The van der Waals surface area contributed by atoms with Gasteiger partial charge in [0.05, 0.1) is 13.2 Å². The second kappa shape index (κ2) is 9.97. The molecule has 0 aliphatic heterocycles. The van der Waals surface area contributed by atoms with Crippen molar-refractivity contribution in [1.29, 1.82) is 0 Å². The molecule has 3 aliphatic carbocycles. The predicted molar refractivity (Wildman–Crippen MR) is 119 cm³/mol. The predicted octanol–water partition coefficient (Wildman–Crippen LogP) is 5.47. The number of carbonyl (C=O) groups excluding carboxylic acids is 2. The molecule has 0 aromatic rings. The normalized spacial score (nSPS) is 39.8. The molecule has 3 rings (SSSR count). The number of aliphatic hydroxyl groups is 1. The van der Waals surface area contributed by atoms with Crippen LogP contribution in [0.3, 0.4) is 0 Å². The second-order valence-corrected chi connectivity index (χ2v) is 10.5. The van der Waals surface area contributed by atoms with E-state index in [1.807, 2.05) is 13.0 Å². The van der Waals surface area contributed by atoms with Gasteiger partial charge in [0.25, 0.3) is 0 Å². The fourth-order valence-corrected chi connectivity index (χ4v) is 7.27. The van der Waals surface area contributed by atoms with Gasteiger partial charge in [-0.1, -0.05) is 26.3 Å². The zero-order chi connectivity index (χ0) is 21.9. The molecule has 3 fully saturated rings. The minimum absolute atomic E-state index is 0.118.